The molecule has 0 aliphatic heterocycles. The lowest BCUT2D eigenvalue weighted by Gasteiger charge is -2.26. The minimum absolute atomic E-state index is 0.158. The van der Waals surface area contributed by atoms with E-state index in [0.29, 0.717) is 12.0 Å². The van der Waals surface area contributed by atoms with Gasteiger partial charge in [0.15, 0.2) is 5.13 Å². The first-order chi connectivity index (χ1) is 12.2. The third-order valence-corrected chi connectivity index (χ3v) is 5.40. The number of anilines is 3. The fourth-order valence-corrected chi connectivity index (χ4v) is 4.07. The van der Waals surface area contributed by atoms with Crippen LogP contribution in [-0.4, -0.2) is 32.2 Å². The standard InChI is InChI=1S/C18H21N5OS/c1-11-2-7-14-15(10-11)25-18(21-14)23-16-8-9-19-17(22-16)20-12-3-5-13(24)6-4-12/h2,7-10,12-13,24H,3-6H2,1H3,(H2,19,20,21,22,23). The molecule has 0 radical (unpaired) electrons. The molecule has 0 atom stereocenters. The summed E-state index contributed by atoms with van der Waals surface area (Å²) in [6.07, 6.45) is 5.14. The smallest absolute Gasteiger partial charge is 0.224 e. The summed E-state index contributed by atoms with van der Waals surface area (Å²) in [5.41, 5.74) is 2.22. The minimum atomic E-state index is -0.158. The minimum Gasteiger partial charge on any atom is -0.393 e. The van der Waals surface area contributed by atoms with Crippen molar-refractivity contribution in [1.29, 1.82) is 0 Å². The fraction of sp³-hybridized carbons (Fsp3) is 0.389. The Morgan fingerprint density at radius 1 is 1.12 bits per heavy atom. The van der Waals surface area contributed by atoms with Crippen molar-refractivity contribution in [2.24, 2.45) is 0 Å². The van der Waals surface area contributed by atoms with Crippen molar-refractivity contribution in [3.8, 4) is 0 Å². The van der Waals surface area contributed by atoms with Crippen LogP contribution in [0, 0.1) is 6.92 Å². The van der Waals surface area contributed by atoms with Crippen molar-refractivity contribution in [3.63, 3.8) is 0 Å². The first kappa shape index (κ1) is 16.2. The van der Waals surface area contributed by atoms with E-state index >= 15 is 0 Å². The number of rotatable bonds is 4. The van der Waals surface area contributed by atoms with Crippen LogP contribution >= 0.6 is 11.3 Å². The molecule has 1 aliphatic carbocycles. The average Bonchev–Trinajstić information content (AvgIpc) is 2.98. The van der Waals surface area contributed by atoms with Gasteiger partial charge < -0.3 is 15.7 Å². The summed E-state index contributed by atoms with van der Waals surface area (Å²) in [5, 5.41) is 17.1. The van der Waals surface area contributed by atoms with Crippen molar-refractivity contribution in [2.45, 2.75) is 44.8 Å². The number of thiazole rings is 1. The highest BCUT2D eigenvalue weighted by Crippen LogP contribution is 2.28. The molecular weight excluding hydrogens is 334 g/mol. The first-order valence-electron chi connectivity index (χ1n) is 8.57. The summed E-state index contributed by atoms with van der Waals surface area (Å²) >= 11 is 1.62. The number of aliphatic hydroxyl groups is 1. The average molecular weight is 355 g/mol. The number of aliphatic hydroxyl groups excluding tert-OH is 1. The summed E-state index contributed by atoms with van der Waals surface area (Å²) in [6, 6.07) is 8.41. The van der Waals surface area contributed by atoms with Crippen LogP contribution in [0.15, 0.2) is 30.5 Å². The zero-order valence-electron chi connectivity index (χ0n) is 14.1. The maximum Gasteiger partial charge on any atom is 0.224 e. The van der Waals surface area contributed by atoms with Gasteiger partial charge in [0.2, 0.25) is 5.95 Å². The van der Waals surface area contributed by atoms with E-state index < -0.39 is 0 Å². The Morgan fingerprint density at radius 3 is 2.80 bits per heavy atom. The van der Waals surface area contributed by atoms with Gasteiger partial charge in [0.1, 0.15) is 5.82 Å². The van der Waals surface area contributed by atoms with Crippen LogP contribution in [0.2, 0.25) is 0 Å². The third kappa shape index (κ3) is 3.88. The highest BCUT2D eigenvalue weighted by atomic mass is 32.1. The quantitative estimate of drug-likeness (QED) is 0.659. The molecule has 1 saturated carbocycles. The van der Waals surface area contributed by atoms with E-state index in [1.54, 1.807) is 17.5 Å². The van der Waals surface area contributed by atoms with E-state index in [-0.39, 0.29) is 6.10 Å². The lowest BCUT2D eigenvalue weighted by molar-refractivity contribution is 0.126. The second-order valence-electron chi connectivity index (χ2n) is 6.53. The molecule has 4 rings (SSSR count). The van der Waals surface area contributed by atoms with Crippen molar-refractivity contribution < 1.29 is 5.11 Å². The second kappa shape index (κ2) is 6.93. The molecular formula is C18H21N5OS. The molecule has 0 amide bonds. The SMILES string of the molecule is Cc1ccc2nc(Nc3ccnc(NC4CCC(O)CC4)n3)sc2c1. The third-order valence-electron chi connectivity index (χ3n) is 4.46. The molecule has 25 heavy (non-hydrogen) atoms. The predicted molar refractivity (Wildman–Crippen MR) is 102 cm³/mol. The van der Waals surface area contributed by atoms with E-state index in [1.165, 1.54) is 5.56 Å². The van der Waals surface area contributed by atoms with Crippen LogP contribution in [0.1, 0.15) is 31.2 Å². The summed E-state index contributed by atoms with van der Waals surface area (Å²) in [7, 11) is 0. The predicted octanol–water partition coefficient (Wildman–Crippen LogP) is 3.85. The highest BCUT2D eigenvalue weighted by molar-refractivity contribution is 7.22. The summed E-state index contributed by atoms with van der Waals surface area (Å²) < 4.78 is 1.16. The Morgan fingerprint density at radius 2 is 1.96 bits per heavy atom. The Labute approximate surface area is 150 Å². The van der Waals surface area contributed by atoms with Gasteiger partial charge in [-0.1, -0.05) is 17.4 Å². The summed E-state index contributed by atoms with van der Waals surface area (Å²) in [5.74, 6) is 1.34. The molecule has 3 N–H and O–H groups in total. The number of aryl methyl sites for hydroxylation is 1. The van der Waals surface area contributed by atoms with Crippen LogP contribution in [0.5, 0.6) is 0 Å². The van der Waals surface area contributed by atoms with E-state index in [4.69, 9.17) is 0 Å². The molecule has 0 bridgehead atoms. The zero-order chi connectivity index (χ0) is 17.2. The Kier molecular flexibility index (Phi) is 4.50. The molecule has 1 aromatic carbocycles. The van der Waals surface area contributed by atoms with Crippen LogP contribution in [0.4, 0.5) is 16.9 Å². The molecule has 2 aromatic heterocycles. The molecule has 6 nitrogen and oxygen atoms in total. The Balaban J connectivity index is 1.47. The molecule has 0 unspecified atom stereocenters. The topological polar surface area (TPSA) is 83.0 Å². The maximum absolute atomic E-state index is 9.60. The van der Waals surface area contributed by atoms with Crippen molar-refractivity contribution in [1.82, 2.24) is 15.0 Å². The van der Waals surface area contributed by atoms with Gasteiger partial charge in [-0.2, -0.15) is 4.98 Å². The lowest BCUT2D eigenvalue weighted by atomic mass is 9.93. The van der Waals surface area contributed by atoms with Crippen LogP contribution < -0.4 is 10.6 Å². The van der Waals surface area contributed by atoms with Gasteiger partial charge in [0, 0.05) is 12.2 Å². The van der Waals surface area contributed by atoms with Crippen molar-refractivity contribution >= 4 is 38.5 Å². The van der Waals surface area contributed by atoms with E-state index in [9.17, 15) is 5.11 Å². The van der Waals surface area contributed by atoms with E-state index in [2.05, 4.69) is 44.6 Å². The van der Waals surface area contributed by atoms with Crippen LogP contribution in [0.25, 0.3) is 10.2 Å². The first-order valence-corrected chi connectivity index (χ1v) is 9.39. The number of benzene rings is 1. The number of nitrogens with zero attached hydrogens (tertiary/aromatic N) is 3. The van der Waals surface area contributed by atoms with Crippen molar-refractivity contribution in [2.75, 3.05) is 10.6 Å². The van der Waals surface area contributed by atoms with Gasteiger partial charge in [-0.3, -0.25) is 0 Å². The fourth-order valence-electron chi connectivity index (χ4n) is 3.10. The van der Waals surface area contributed by atoms with Gasteiger partial charge in [0.25, 0.3) is 0 Å². The summed E-state index contributed by atoms with van der Waals surface area (Å²) in [4.78, 5) is 13.4. The largest absolute Gasteiger partial charge is 0.393 e. The monoisotopic (exact) mass is 355 g/mol. The molecule has 0 saturated heterocycles. The van der Waals surface area contributed by atoms with Gasteiger partial charge in [-0.25, -0.2) is 9.97 Å². The van der Waals surface area contributed by atoms with E-state index in [1.807, 2.05) is 12.1 Å². The number of hydrogen-bond donors (Lipinski definition) is 3. The highest BCUT2D eigenvalue weighted by Gasteiger charge is 2.19. The Hall–Kier alpha value is -2.25. The molecule has 0 spiro atoms. The van der Waals surface area contributed by atoms with Crippen molar-refractivity contribution in [3.05, 3.63) is 36.0 Å². The number of aromatic nitrogens is 3. The Bertz CT molecular complexity index is 873. The van der Waals surface area contributed by atoms with Crippen LogP contribution in [0.3, 0.4) is 0 Å². The number of hydrogen-bond acceptors (Lipinski definition) is 7. The molecule has 2 heterocycles. The zero-order valence-corrected chi connectivity index (χ0v) is 14.9. The number of nitrogens with one attached hydrogen (secondary N) is 2. The lowest BCUT2D eigenvalue weighted by Crippen LogP contribution is -2.28. The van der Waals surface area contributed by atoms with Gasteiger partial charge in [0.05, 0.1) is 16.3 Å². The molecule has 3 aromatic rings. The van der Waals surface area contributed by atoms with Gasteiger partial charge in [-0.05, 0) is 56.4 Å². The molecule has 1 aliphatic rings. The molecule has 7 heteroatoms. The molecule has 130 valence electrons. The van der Waals surface area contributed by atoms with Gasteiger partial charge in [-0.15, -0.1) is 0 Å². The summed E-state index contributed by atoms with van der Waals surface area (Å²) in [6.45, 7) is 2.08. The van der Waals surface area contributed by atoms with E-state index in [0.717, 1.165) is 46.8 Å². The number of fused-ring (bicyclic) bond motifs is 1. The normalized spacial score (nSPS) is 20.6. The van der Waals surface area contributed by atoms with Gasteiger partial charge >= 0.3 is 0 Å². The molecule has 1 fully saturated rings. The second-order valence-corrected chi connectivity index (χ2v) is 7.56. The maximum atomic E-state index is 9.60. The van der Waals surface area contributed by atoms with Crippen LogP contribution in [-0.2, 0) is 0 Å².